The predicted molar refractivity (Wildman–Crippen MR) is 130 cm³/mol. The van der Waals surface area contributed by atoms with Crippen molar-refractivity contribution in [2.75, 3.05) is 19.8 Å². The van der Waals surface area contributed by atoms with Gasteiger partial charge in [0.1, 0.15) is 12.3 Å². The number of rotatable bonds is 6. The lowest BCUT2D eigenvalue weighted by molar-refractivity contribution is 0.0721. The fraction of sp³-hybridized carbons (Fsp3) is 0.333. The summed E-state index contributed by atoms with van der Waals surface area (Å²) < 4.78 is 17.1. The lowest BCUT2D eigenvalue weighted by atomic mass is 10.1. The van der Waals surface area contributed by atoms with Crippen LogP contribution in [0, 0.1) is 20.8 Å². The minimum absolute atomic E-state index is 0.226. The van der Waals surface area contributed by atoms with E-state index in [2.05, 4.69) is 40.4 Å². The van der Waals surface area contributed by atoms with E-state index in [9.17, 15) is 4.79 Å². The normalized spacial score (nSPS) is 13.3. The Balaban J connectivity index is 1.46. The van der Waals surface area contributed by atoms with Gasteiger partial charge in [-0.15, -0.1) is 22.7 Å². The van der Waals surface area contributed by atoms with Crippen LogP contribution in [0.25, 0.3) is 10.4 Å². The first-order chi connectivity index (χ1) is 16.5. The summed E-state index contributed by atoms with van der Waals surface area (Å²) in [7, 11) is 0. The summed E-state index contributed by atoms with van der Waals surface area (Å²) in [5.74, 6) is 1.15. The zero-order chi connectivity index (χ0) is 23.7. The molecule has 5 rings (SSSR count). The van der Waals surface area contributed by atoms with Crippen molar-refractivity contribution in [3.8, 4) is 21.9 Å². The molecule has 1 aliphatic rings. The number of benzene rings is 1. The number of hydrogen-bond acceptors (Lipinski definition) is 9. The highest BCUT2D eigenvalue weighted by molar-refractivity contribution is 7.15. The smallest absolute Gasteiger partial charge is 0.278 e. The Morgan fingerprint density at radius 2 is 2.06 bits per heavy atom. The lowest BCUT2D eigenvalue weighted by Gasteiger charge is -2.19. The first-order valence-corrected chi connectivity index (χ1v) is 12.7. The molecular formula is C24H24N4O4S2. The van der Waals surface area contributed by atoms with Crippen molar-refractivity contribution in [2.45, 2.75) is 33.7 Å². The van der Waals surface area contributed by atoms with Crippen molar-refractivity contribution >= 4 is 28.6 Å². The number of thiazole rings is 1. The van der Waals surface area contributed by atoms with Crippen LogP contribution in [0.15, 0.2) is 34.4 Å². The van der Waals surface area contributed by atoms with Gasteiger partial charge in [0.2, 0.25) is 0 Å². The molecule has 4 heterocycles. The van der Waals surface area contributed by atoms with Crippen molar-refractivity contribution in [3.63, 3.8) is 0 Å². The van der Waals surface area contributed by atoms with Gasteiger partial charge in [0.05, 0.1) is 24.4 Å². The summed E-state index contributed by atoms with van der Waals surface area (Å²) in [6, 6.07) is 8.33. The highest BCUT2D eigenvalue weighted by Gasteiger charge is 2.27. The van der Waals surface area contributed by atoms with Crippen LogP contribution in [0.2, 0.25) is 0 Å². The SMILES string of the molecule is Cc1ccc(-c2cc3c(c(OCCc4scnc4C)c2)OCCN(C(=O)c2nonc2C)C3)s1. The van der Waals surface area contributed by atoms with Gasteiger partial charge in [-0.3, -0.25) is 4.79 Å². The maximum Gasteiger partial charge on any atom is 0.278 e. The molecule has 34 heavy (non-hydrogen) atoms. The molecule has 176 valence electrons. The molecule has 10 heteroatoms. The average molecular weight is 497 g/mol. The lowest BCUT2D eigenvalue weighted by Crippen LogP contribution is -2.33. The number of thiophene rings is 1. The monoisotopic (exact) mass is 496 g/mol. The van der Waals surface area contributed by atoms with Gasteiger partial charge in [0, 0.05) is 33.2 Å². The molecule has 1 amide bonds. The van der Waals surface area contributed by atoms with E-state index in [-0.39, 0.29) is 11.6 Å². The summed E-state index contributed by atoms with van der Waals surface area (Å²) in [6.07, 6.45) is 0.774. The van der Waals surface area contributed by atoms with Crippen molar-refractivity contribution in [3.05, 3.63) is 62.2 Å². The number of aromatic nitrogens is 3. The zero-order valence-electron chi connectivity index (χ0n) is 19.2. The van der Waals surface area contributed by atoms with Gasteiger partial charge in [0.15, 0.2) is 17.2 Å². The molecule has 1 aromatic carbocycles. The Kier molecular flexibility index (Phi) is 6.34. The van der Waals surface area contributed by atoms with E-state index in [1.54, 1.807) is 34.5 Å². The number of carbonyl (C=O) groups is 1. The molecule has 0 bridgehead atoms. The molecule has 3 aromatic heterocycles. The molecule has 0 atom stereocenters. The molecule has 0 unspecified atom stereocenters. The highest BCUT2D eigenvalue weighted by Crippen LogP contribution is 2.40. The quantitative estimate of drug-likeness (QED) is 0.377. The van der Waals surface area contributed by atoms with Crippen molar-refractivity contribution < 1.29 is 18.9 Å². The Bertz CT molecular complexity index is 1330. The minimum atomic E-state index is -0.226. The van der Waals surface area contributed by atoms with Crippen LogP contribution < -0.4 is 9.47 Å². The maximum atomic E-state index is 13.1. The summed E-state index contributed by atoms with van der Waals surface area (Å²) >= 11 is 3.36. The number of aryl methyl sites for hydroxylation is 3. The molecule has 0 saturated heterocycles. The molecule has 0 radical (unpaired) electrons. The Morgan fingerprint density at radius 1 is 1.18 bits per heavy atom. The predicted octanol–water partition coefficient (Wildman–Crippen LogP) is 4.84. The van der Waals surface area contributed by atoms with E-state index >= 15 is 0 Å². The van der Waals surface area contributed by atoms with Gasteiger partial charge in [-0.1, -0.05) is 5.16 Å². The number of nitrogens with zero attached hydrogens (tertiary/aromatic N) is 4. The van der Waals surface area contributed by atoms with Crippen molar-refractivity contribution in [1.82, 2.24) is 20.2 Å². The molecule has 0 fully saturated rings. The first kappa shape index (κ1) is 22.5. The van der Waals surface area contributed by atoms with E-state index in [1.807, 2.05) is 18.5 Å². The van der Waals surface area contributed by atoms with E-state index in [0.717, 1.165) is 28.1 Å². The fourth-order valence-electron chi connectivity index (χ4n) is 3.89. The van der Waals surface area contributed by atoms with Crippen LogP contribution in [-0.2, 0) is 13.0 Å². The van der Waals surface area contributed by atoms with Gasteiger partial charge >= 0.3 is 0 Å². The number of ether oxygens (including phenoxy) is 2. The zero-order valence-corrected chi connectivity index (χ0v) is 20.8. The van der Waals surface area contributed by atoms with E-state index in [4.69, 9.17) is 14.1 Å². The third kappa shape index (κ3) is 4.55. The molecule has 1 aliphatic heterocycles. The summed E-state index contributed by atoms with van der Waals surface area (Å²) in [5.41, 5.74) is 5.53. The first-order valence-electron chi connectivity index (χ1n) is 11.0. The van der Waals surface area contributed by atoms with Gasteiger partial charge in [0.25, 0.3) is 5.91 Å². The summed E-state index contributed by atoms with van der Waals surface area (Å²) in [6.45, 7) is 7.47. The van der Waals surface area contributed by atoms with Crippen molar-refractivity contribution in [2.24, 2.45) is 0 Å². The third-order valence-electron chi connectivity index (χ3n) is 5.70. The standard InChI is InChI=1S/C24H24N4O4S2/c1-14-4-5-21(34-14)17-10-18-12-28(24(29)22-16(3)26-32-27-22)7-9-31-23(18)19(11-17)30-8-6-20-15(2)25-13-33-20/h4-5,10-11,13H,6-9,12H2,1-3H3. The van der Waals surface area contributed by atoms with Gasteiger partial charge in [-0.2, -0.15) is 0 Å². The second kappa shape index (κ2) is 9.55. The molecule has 8 nitrogen and oxygen atoms in total. The summed E-state index contributed by atoms with van der Waals surface area (Å²) in [5, 5.41) is 7.53. The molecule has 0 N–H and O–H groups in total. The van der Waals surface area contributed by atoms with Crippen LogP contribution in [0.3, 0.4) is 0 Å². The largest absolute Gasteiger partial charge is 0.489 e. The number of amides is 1. The van der Waals surface area contributed by atoms with Crippen LogP contribution in [-0.4, -0.2) is 45.9 Å². The van der Waals surface area contributed by atoms with Gasteiger partial charge < -0.3 is 14.4 Å². The van der Waals surface area contributed by atoms with Crippen LogP contribution >= 0.6 is 22.7 Å². The van der Waals surface area contributed by atoms with E-state index in [0.29, 0.717) is 43.5 Å². The van der Waals surface area contributed by atoms with E-state index < -0.39 is 0 Å². The van der Waals surface area contributed by atoms with Crippen LogP contribution in [0.5, 0.6) is 11.5 Å². The van der Waals surface area contributed by atoms with E-state index in [1.165, 1.54) is 9.75 Å². The summed E-state index contributed by atoms with van der Waals surface area (Å²) in [4.78, 5) is 22.7. The van der Waals surface area contributed by atoms with Gasteiger partial charge in [-0.05, 0) is 55.8 Å². The number of fused-ring (bicyclic) bond motifs is 1. The number of carbonyl (C=O) groups excluding carboxylic acids is 1. The molecule has 0 saturated carbocycles. The minimum Gasteiger partial charge on any atom is -0.489 e. The number of hydrogen-bond donors (Lipinski definition) is 0. The highest BCUT2D eigenvalue weighted by atomic mass is 32.1. The van der Waals surface area contributed by atoms with Crippen molar-refractivity contribution in [1.29, 1.82) is 0 Å². The average Bonchev–Trinajstić information content (AvgIpc) is 3.51. The van der Waals surface area contributed by atoms with Crippen LogP contribution in [0.4, 0.5) is 0 Å². The van der Waals surface area contributed by atoms with Crippen LogP contribution in [0.1, 0.15) is 37.2 Å². The molecular weight excluding hydrogens is 472 g/mol. The third-order valence-corrected chi connectivity index (χ3v) is 7.74. The maximum absolute atomic E-state index is 13.1. The second-order valence-corrected chi connectivity index (χ2v) is 10.3. The molecule has 0 aliphatic carbocycles. The van der Waals surface area contributed by atoms with Gasteiger partial charge in [-0.25, -0.2) is 9.61 Å². The fourth-order valence-corrected chi connectivity index (χ4v) is 5.51. The Morgan fingerprint density at radius 3 is 2.76 bits per heavy atom. The molecule has 4 aromatic rings. The Hall–Kier alpha value is -3.24. The second-order valence-electron chi connectivity index (χ2n) is 8.11. The topological polar surface area (TPSA) is 90.6 Å². The molecule has 0 spiro atoms. The Labute approximate surface area is 205 Å².